The zero-order chi connectivity index (χ0) is 25.9. The molecule has 2 aromatic heterocycles. The Morgan fingerprint density at radius 3 is 2.43 bits per heavy atom. The predicted octanol–water partition coefficient (Wildman–Crippen LogP) is 4.60. The molecule has 1 unspecified atom stereocenters. The van der Waals surface area contributed by atoms with E-state index in [1.165, 1.54) is 11.1 Å². The lowest BCUT2D eigenvalue weighted by atomic mass is 9.95. The Kier molecular flexibility index (Phi) is 6.55. The quantitative estimate of drug-likeness (QED) is 0.229. The molecule has 0 spiro atoms. The number of rotatable bonds is 7. The summed E-state index contributed by atoms with van der Waals surface area (Å²) in [5.41, 5.74) is 3.33. The second-order valence-corrected chi connectivity index (χ2v) is 8.68. The Morgan fingerprint density at radius 2 is 1.76 bits per heavy atom. The summed E-state index contributed by atoms with van der Waals surface area (Å²) in [6.07, 6.45) is 4.82. The number of Topliss-reactive ketones (excluding diaryl/α,β-unsaturated/α-hetero) is 1. The van der Waals surface area contributed by atoms with E-state index < -0.39 is 17.7 Å². The van der Waals surface area contributed by atoms with E-state index in [9.17, 15) is 14.7 Å². The van der Waals surface area contributed by atoms with Gasteiger partial charge in [-0.1, -0.05) is 36.4 Å². The van der Waals surface area contributed by atoms with Gasteiger partial charge in [-0.15, -0.1) is 0 Å². The van der Waals surface area contributed by atoms with Crippen molar-refractivity contribution in [1.82, 2.24) is 19.7 Å². The number of ether oxygens (including phenoxy) is 1. The second kappa shape index (κ2) is 10.1. The van der Waals surface area contributed by atoms with Crippen LogP contribution >= 0.6 is 0 Å². The number of ketones is 1. The molecule has 1 fully saturated rings. The molecule has 0 bridgehead atoms. The summed E-state index contributed by atoms with van der Waals surface area (Å²) in [7, 11) is 0. The van der Waals surface area contributed by atoms with Crippen LogP contribution in [0.25, 0.3) is 11.4 Å². The van der Waals surface area contributed by atoms with Crippen molar-refractivity contribution in [3.05, 3.63) is 113 Å². The predicted molar refractivity (Wildman–Crippen MR) is 138 cm³/mol. The highest BCUT2D eigenvalue weighted by molar-refractivity contribution is 6.46. The molecule has 1 aliphatic rings. The summed E-state index contributed by atoms with van der Waals surface area (Å²) in [6, 6.07) is 19.5. The summed E-state index contributed by atoms with van der Waals surface area (Å²) in [4.78, 5) is 32.3. The fourth-order valence-electron chi connectivity index (χ4n) is 4.61. The van der Waals surface area contributed by atoms with Crippen LogP contribution in [0.1, 0.15) is 35.3 Å². The normalized spacial score (nSPS) is 16.8. The van der Waals surface area contributed by atoms with Crippen LogP contribution in [0, 0.1) is 6.92 Å². The third-order valence-electron chi connectivity index (χ3n) is 6.39. The number of benzene rings is 2. The van der Waals surface area contributed by atoms with Gasteiger partial charge in [-0.25, -0.2) is 4.68 Å². The number of para-hydroxylation sites is 1. The maximum absolute atomic E-state index is 13.4. The first-order valence-electron chi connectivity index (χ1n) is 12.0. The van der Waals surface area contributed by atoms with E-state index in [-0.39, 0.29) is 17.9 Å². The Hall–Kier alpha value is -4.72. The highest BCUT2D eigenvalue weighted by Gasteiger charge is 2.46. The average Bonchev–Trinajstić information content (AvgIpc) is 3.43. The topological polar surface area (TPSA) is 97.5 Å². The largest absolute Gasteiger partial charge is 0.507 e. The molecule has 37 heavy (non-hydrogen) atoms. The summed E-state index contributed by atoms with van der Waals surface area (Å²) in [5, 5.41) is 15.9. The van der Waals surface area contributed by atoms with Gasteiger partial charge in [0.2, 0.25) is 0 Å². The van der Waals surface area contributed by atoms with Gasteiger partial charge in [-0.2, -0.15) is 5.10 Å². The molecule has 1 N–H and O–H groups in total. The van der Waals surface area contributed by atoms with Crippen molar-refractivity contribution in [2.24, 2.45) is 0 Å². The van der Waals surface area contributed by atoms with Crippen molar-refractivity contribution in [2.75, 3.05) is 6.61 Å². The third-order valence-corrected chi connectivity index (χ3v) is 6.39. The number of carbonyl (C=O) groups excluding carboxylic acids is 2. The van der Waals surface area contributed by atoms with E-state index in [2.05, 4.69) is 10.1 Å². The molecule has 4 aromatic rings. The van der Waals surface area contributed by atoms with E-state index in [0.29, 0.717) is 29.2 Å². The van der Waals surface area contributed by atoms with Gasteiger partial charge < -0.3 is 14.7 Å². The molecule has 5 rings (SSSR count). The van der Waals surface area contributed by atoms with Crippen molar-refractivity contribution in [2.45, 2.75) is 26.4 Å². The summed E-state index contributed by atoms with van der Waals surface area (Å²) < 4.78 is 7.25. The average molecular weight is 495 g/mol. The molecule has 1 aliphatic heterocycles. The molecular formula is C29H26N4O4. The fourth-order valence-corrected chi connectivity index (χ4v) is 4.61. The highest BCUT2D eigenvalue weighted by atomic mass is 16.5. The Bertz CT molecular complexity index is 1460. The van der Waals surface area contributed by atoms with Crippen LogP contribution in [0.4, 0.5) is 0 Å². The molecular weight excluding hydrogens is 468 g/mol. The number of pyridine rings is 1. The van der Waals surface area contributed by atoms with Crippen molar-refractivity contribution in [3.8, 4) is 11.4 Å². The Labute approximate surface area is 214 Å². The maximum atomic E-state index is 13.4. The lowest BCUT2D eigenvalue weighted by Crippen LogP contribution is -2.29. The number of carbonyl (C=O) groups is 2. The van der Waals surface area contributed by atoms with Crippen LogP contribution in [0.2, 0.25) is 0 Å². The second-order valence-electron chi connectivity index (χ2n) is 8.68. The molecule has 1 atom stereocenters. The first-order valence-corrected chi connectivity index (χ1v) is 12.0. The summed E-state index contributed by atoms with van der Waals surface area (Å²) >= 11 is 0. The number of nitrogens with zero attached hydrogens (tertiary/aromatic N) is 4. The molecule has 0 saturated carbocycles. The van der Waals surface area contributed by atoms with Crippen molar-refractivity contribution in [3.63, 3.8) is 0 Å². The van der Waals surface area contributed by atoms with E-state index in [1.54, 1.807) is 35.3 Å². The number of hydrogen-bond donors (Lipinski definition) is 1. The molecule has 2 aromatic carbocycles. The third kappa shape index (κ3) is 4.49. The van der Waals surface area contributed by atoms with Crippen LogP contribution in [-0.2, 0) is 16.1 Å². The van der Waals surface area contributed by atoms with Crippen molar-refractivity contribution >= 4 is 17.4 Å². The van der Waals surface area contributed by atoms with Crippen LogP contribution < -0.4 is 4.74 Å². The lowest BCUT2D eigenvalue weighted by Gasteiger charge is -2.25. The number of aliphatic hydroxyl groups excluding tert-OH is 1. The SMILES string of the molecule is CCOc1ccc(C2C(=C(O)c3cnn(-c4ccccc4)c3C)C(=O)C(=O)N2Cc2cccnc2)cc1. The minimum Gasteiger partial charge on any atom is -0.507 e. The van der Waals surface area contributed by atoms with Gasteiger partial charge in [-0.05, 0) is 55.3 Å². The molecule has 1 amide bonds. The van der Waals surface area contributed by atoms with E-state index in [1.807, 2.05) is 62.4 Å². The van der Waals surface area contributed by atoms with Crippen molar-refractivity contribution in [1.29, 1.82) is 0 Å². The van der Waals surface area contributed by atoms with Crippen LogP contribution in [0.15, 0.2) is 90.9 Å². The molecule has 1 saturated heterocycles. The summed E-state index contributed by atoms with van der Waals surface area (Å²) in [5.74, 6) is -1.01. The van der Waals surface area contributed by atoms with Crippen molar-refractivity contribution < 1.29 is 19.4 Å². The minimum atomic E-state index is -0.796. The molecule has 186 valence electrons. The van der Waals surface area contributed by atoms with Gasteiger partial charge >= 0.3 is 0 Å². The van der Waals surface area contributed by atoms with Gasteiger partial charge in [0.15, 0.2) is 0 Å². The zero-order valence-electron chi connectivity index (χ0n) is 20.5. The minimum absolute atomic E-state index is 0.0220. The molecule has 0 aliphatic carbocycles. The number of hydrogen-bond acceptors (Lipinski definition) is 6. The summed E-state index contributed by atoms with van der Waals surface area (Å²) in [6.45, 7) is 4.39. The molecule has 8 nitrogen and oxygen atoms in total. The number of aromatic nitrogens is 3. The maximum Gasteiger partial charge on any atom is 0.295 e. The molecule has 0 radical (unpaired) electrons. The fraction of sp³-hybridized carbons (Fsp3) is 0.172. The lowest BCUT2D eigenvalue weighted by molar-refractivity contribution is -0.140. The first kappa shape index (κ1) is 24.0. The first-order chi connectivity index (χ1) is 18.0. The van der Waals surface area contributed by atoms with Crippen LogP contribution in [0.3, 0.4) is 0 Å². The Morgan fingerprint density at radius 1 is 1.00 bits per heavy atom. The molecule has 8 heteroatoms. The zero-order valence-corrected chi connectivity index (χ0v) is 20.5. The standard InChI is InChI=1S/C29H26N4O4/c1-3-37-23-13-11-21(12-14-23)26-25(28(35)29(36)32(26)18-20-8-7-15-30-16-20)27(34)24-17-31-33(19(24)2)22-9-5-4-6-10-22/h4-17,26,34H,3,18H2,1-2H3. The van der Waals surface area contributed by atoms with E-state index in [4.69, 9.17) is 4.74 Å². The monoisotopic (exact) mass is 494 g/mol. The smallest absolute Gasteiger partial charge is 0.295 e. The van der Waals surface area contributed by atoms with Gasteiger partial charge in [0.05, 0.1) is 41.4 Å². The van der Waals surface area contributed by atoms with E-state index in [0.717, 1.165) is 11.3 Å². The molecule has 3 heterocycles. The van der Waals surface area contributed by atoms with Crippen LogP contribution in [0.5, 0.6) is 5.75 Å². The number of amides is 1. The highest BCUT2D eigenvalue weighted by Crippen LogP contribution is 2.41. The van der Waals surface area contributed by atoms with Gasteiger partial charge in [0.25, 0.3) is 11.7 Å². The van der Waals surface area contributed by atoms with E-state index >= 15 is 0 Å². The van der Waals surface area contributed by atoms with Gasteiger partial charge in [0.1, 0.15) is 11.5 Å². The van der Waals surface area contributed by atoms with Gasteiger partial charge in [-0.3, -0.25) is 14.6 Å². The Balaban J connectivity index is 1.63. The number of aliphatic hydroxyl groups is 1. The number of likely N-dealkylation sites (tertiary alicyclic amines) is 1. The van der Waals surface area contributed by atoms with Gasteiger partial charge in [0, 0.05) is 18.9 Å². The van der Waals surface area contributed by atoms with Crippen LogP contribution in [-0.4, -0.2) is 43.1 Å².